The number of hydrogen-bond donors (Lipinski definition) is 0. The van der Waals surface area contributed by atoms with E-state index in [2.05, 4.69) is 4.98 Å². The molecule has 9 heteroatoms. The Morgan fingerprint density at radius 2 is 2.00 bits per heavy atom. The molecule has 0 spiro atoms. The van der Waals surface area contributed by atoms with Gasteiger partial charge in [-0.25, -0.2) is 4.98 Å². The molecule has 0 bridgehead atoms. The molecule has 0 aliphatic carbocycles. The number of pyridine rings is 1. The van der Waals surface area contributed by atoms with E-state index in [1.807, 2.05) is 13.8 Å². The van der Waals surface area contributed by atoms with Crippen LogP contribution >= 0.6 is 0 Å². The van der Waals surface area contributed by atoms with E-state index in [0.717, 1.165) is 4.40 Å². The smallest absolute Gasteiger partial charge is 0.344 e. The van der Waals surface area contributed by atoms with Gasteiger partial charge in [0.1, 0.15) is 5.65 Å². The highest BCUT2D eigenvalue weighted by Crippen LogP contribution is 2.21. The molecule has 0 aliphatic rings. The predicted octanol–water partition coefficient (Wildman–Crippen LogP) is 0.907. The van der Waals surface area contributed by atoms with Crippen molar-refractivity contribution in [1.82, 2.24) is 14.3 Å². The van der Waals surface area contributed by atoms with Crippen LogP contribution in [0.5, 0.6) is 0 Å². The van der Waals surface area contributed by atoms with Crippen LogP contribution in [0.3, 0.4) is 0 Å². The topological polar surface area (TPSA) is 101 Å². The molecule has 0 aliphatic heterocycles. The van der Waals surface area contributed by atoms with Gasteiger partial charge in [-0.2, -0.15) is 0 Å². The van der Waals surface area contributed by atoms with Crippen LogP contribution < -0.4 is 10.5 Å². The fourth-order valence-electron chi connectivity index (χ4n) is 2.45. The standard InChI is InChI=1S/C15H19N5O4/c1-4-18(5-2)12(21)10-17(3)14-13(20(23)24)15(22)19-9-7-6-8-11(19)16-14/h6-9H,4-5,10H2,1-3H3. The number of anilines is 1. The quantitative estimate of drug-likeness (QED) is 0.575. The first-order chi connectivity index (χ1) is 11.4. The Morgan fingerprint density at radius 3 is 2.58 bits per heavy atom. The van der Waals surface area contributed by atoms with Crippen LogP contribution in [0.25, 0.3) is 5.65 Å². The van der Waals surface area contributed by atoms with Gasteiger partial charge in [0.15, 0.2) is 0 Å². The molecule has 1 amide bonds. The van der Waals surface area contributed by atoms with Crippen LogP contribution in [0.4, 0.5) is 11.5 Å². The van der Waals surface area contributed by atoms with E-state index in [4.69, 9.17) is 0 Å². The largest absolute Gasteiger partial charge is 0.376 e. The van der Waals surface area contributed by atoms with Gasteiger partial charge in [0, 0.05) is 26.3 Å². The minimum absolute atomic E-state index is 0.0992. The van der Waals surface area contributed by atoms with Crippen LogP contribution in [0.1, 0.15) is 13.8 Å². The number of rotatable bonds is 6. The molecular weight excluding hydrogens is 314 g/mol. The molecule has 0 saturated carbocycles. The van der Waals surface area contributed by atoms with E-state index >= 15 is 0 Å². The summed E-state index contributed by atoms with van der Waals surface area (Å²) in [7, 11) is 1.51. The Labute approximate surface area is 138 Å². The van der Waals surface area contributed by atoms with E-state index in [1.54, 1.807) is 23.1 Å². The van der Waals surface area contributed by atoms with Crippen LogP contribution in [-0.2, 0) is 4.79 Å². The fraction of sp³-hybridized carbons (Fsp3) is 0.400. The van der Waals surface area contributed by atoms with Crippen LogP contribution in [0.2, 0.25) is 0 Å². The highest BCUT2D eigenvalue weighted by Gasteiger charge is 2.27. The van der Waals surface area contributed by atoms with E-state index in [-0.39, 0.29) is 23.9 Å². The Balaban J connectivity index is 2.50. The monoisotopic (exact) mass is 333 g/mol. The fourth-order valence-corrected chi connectivity index (χ4v) is 2.45. The Morgan fingerprint density at radius 1 is 1.33 bits per heavy atom. The molecule has 2 rings (SSSR count). The molecule has 0 fully saturated rings. The normalized spacial score (nSPS) is 10.6. The summed E-state index contributed by atoms with van der Waals surface area (Å²) in [5.41, 5.74) is -1.14. The third kappa shape index (κ3) is 3.19. The summed E-state index contributed by atoms with van der Waals surface area (Å²) in [5, 5.41) is 11.4. The summed E-state index contributed by atoms with van der Waals surface area (Å²) >= 11 is 0. The Bertz CT molecular complexity index is 828. The van der Waals surface area contributed by atoms with Crippen molar-refractivity contribution < 1.29 is 9.72 Å². The van der Waals surface area contributed by atoms with Crippen molar-refractivity contribution in [2.24, 2.45) is 0 Å². The minimum atomic E-state index is -0.775. The second-order valence-electron chi connectivity index (χ2n) is 5.20. The summed E-state index contributed by atoms with van der Waals surface area (Å²) in [6.07, 6.45) is 1.42. The highest BCUT2D eigenvalue weighted by atomic mass is 16.6. The first-order valence-corrected chi connectivity index (χ1v) is 7.55. The Kier molecular flexibility index (Phi) is 5.12. The van der Waals surface area contributed by atoms with Gasteiger partial charge < -0.3 is 9.80 Å². The SMILES string of the molecule is CCN(CC)C(=O)CN(C)c1nc2ccccn2c(=O)c1[N+](=O)[O-]. The summed E-state index contributed by atoms with van der Waals surface area (Å²) in [6.45, 7) is 4.69. The Hall–Kier alpha value is -2.97. The van der Waals surface area contributed by atoms with Crippen LogP contribution in [0, 0.1) is 10.1 Å². The zero-order chi connectivity index (χ0) is 17.9. The van der Waals surface area contributed by atoms with Crippen molar-refractivity contribution in [3.8, 4) is 0 Å². The zero-order valence-electron chi connectivity index (χ0n) is 13.8. The van der Waals surface area contributed by atoms with E-state index in [1.165, 1.54) is 18.1 Å². The van der Waals surface area contributed by atoms with E-state index in [9.17, 15) is 19.7 Å². The molecule has 128 valence electrons. The number of carbonyl (C=O) groups excluding carboxylic acids is 1. The second kappa shape index (κ2) is 7.07. The number of fused-ring (bicyclic) bond motifs is 1. The maximum Gasteiger partial charge on any atom is 0.376 e. The molecule has 2 aromatic rings. The molecular formula is C15H19N5O4. The van der Waals surface area contributed by atoms with Gasteiger partial charge in [-0.15, -0.1) is 0 Å². The van der Waals surface area contributed by atoms with Gasteiger partial charge in [0.05, 0.1) is 11.5 Å². The maximum absolute atomic E-state index is 12.4. The number of carbonyl (C=O) groups is 1. The third-order valence-corrected chi connectivity index (χ3v) is 3.72. The molecule has 0 aromatic carbocycles. The summed E-state index contributed by atoms with van der Waals surface area (Å²) in [6, 6.07) is 4.85. The number of aromatic nitrogens is 2. The molecule has 2 heterocycles. The van der Waals surface area contributed by atoms with Crippen molar-refractivity contribution in [3.63, 3.8) is 0 Å². The molecule has 0 unspecified atom stereocenters. The first kappa shape index (κ1) is 17.4. The molecule has 9 nitrogen and oxygen atoms in total. The average molecular weight is 333 g/mol. The number of hydrogen-bond acceptors (Lipinski definition) is 6. The lowest BCUT2D eigenvalue weighted by molar-refractivity contribution is -0.385. The van der Waals surface area contributed by atoms with Gasteiger partial charge in [-0.3, -0.25) is 24.1 Å². The lowest BCUT2D eigenvalue weighted by Crippen LogP contribution is -2.39. The summed E-state index contributed by atoms with van der Waals surface area (Å²) in [5.74, 6) is -0.302. The van der Waals surface area contributed by atoms with Crippen molar-refractivity contribution in [1.29, 1.82) is 0 Å². The first-order valence-electron chi connectivity index (χ1n) is 7.55. The van der Waals surface area contributed by atoms with Gasteiger partial charge in [0.2, 0.25) is 11.7 Å². The minimum Gasteiger partial charge on any atom is -0.344 e. The van der Waals surface area contributed by atoms with Gasteiger partial charge in [-0.05, 0) is 26.0 Å². The molecule has 0 atom stereocenters. The molecule has 24 heavy (non-hydrogen) atoms. The van der Waals surface area contributed by atoms with Crippen molar-refractivity contribution in [2.75, 3.05) is 31.6 Å². The van der Waals surface area contributed by atoms with Gasteiger partial charge in [-0.1, -0.05) is 6.07 Å². The lowest BCUT2D eigenvalue weighted by atomic mass is 10.3. The number of nitro groups is 1. The maximum atomic E-state index is 12.4. The number of likely N-dealkylation sites (N-methyl/N-ethyl adjacent to an activating group) is 2. The average Bonchev–Trinajstić information content (AvgIpc) is 2.55. The highest BCUT2D eigenvalue weighted by molar-refractivity contribution is 5.82. The van der Waals surface area contributed by atoms with E-state index < -0.39 is 16.2 Å². The second-order valence-corrected chi connectivity index (χ2v) is 5.20. The van der Waals surface area contributed by atoms with E-state index in [0.29, 0.717) is 13.1 Å². The van der Waals surface area contributed by atoms with Gasteiger partial charge in [0.25, 0.3) is 0 Å². The zero-order valence-corrected chi connectivity index (χ0v) is 13.8. The number of nitrogens with zero attached hydrogens (tertiary/aromatic N) is 5. The van der Waals surface area contributed by atoms with Crippen molar-refractivity contribution in [3.05, 3.63) is 44.9 Å². The summed E-state index contributed by atoms with van der Waals surface area (Å²) in [4.78, 5) is 42.3. The number of amides is 1. The predicted molar refractivity (Wildman–Crippen MR) is 89.3 cm³/mol. The molecule has 2 aromatic heterocycles. The van der Waals surface area contributed by atoms with Crippen LogP contribution in [0.15, 0.2) is 29.2 Å². The van der Waals surface area contributed by atoms with Crippen molar-refractivity contribution >= 4 is 23.1 Å². The third-order valence-electron chi connectivity index (χ3n) is 3.72. The van der Waals surface area contributed by atoms with Crippen LogP contribution in [-0.4, -0.2) is 51.8 Å². The molecule has 0 saturated heterocycles. The lowest BCUT2D eigenvalue weighted by Gasteiger charge is -2.23. The molecule has 0 radical (unpaired) electrons. The summed E-state index contributed by atoms with van der Waals surface area (Å²) < 4.78 is 1.11. The van der Waals surface area contributed by atoms with Crippen molar-refractivity contribution in [2.45, 2.75) is 13.8 Å². The molecule has 0 N–H and O–H groups in total. The van der Waals surface area contributed by atoms with Gasteiger partial charge >= 0.3 is 11.2 Å².